The van der Waals surface area contributed by atoms with Crippen LogP contribution in [0.3, 0.4) is 0 Å². The molecule has 0 spiro atoms. The minimum Gasteiger partial charge on any atom is -0.489 e. The Hall–Kier alpha value is -2.64. The van der Waals surface area contributed by atoms with Gasteiger partial charge in [0.2, 0.25) is 0 Å². The fraction of sp³-hybridized carbons (Fsp3) is 0.435. The Labute approximate surface area is 177 Å². The quantitative estimate of drug-likeness (QED) is 0.683. The molecule has 2 aromatic carbocycles. The average molecular weight is 416 g/mol. The Morgan fingerprint density at radius 1 is 1.20 bits per heavy atom. The maximum absolute atomic E-state index is 13.3. The highest BCUT2D eigenvalue weighted by atomic mass is 19.1. The van der Waals surface area contributed by atoms with Gasteiger partial charge in [0.1, 0.15) is 18.2 Å². The normalized spacial score (nSPS) is 16.5. The van der Waals surface area contributed by atoms with Crippen LogP contribution in [0.4, 0.5) is 14.9 Å². The number of halogens is 1. The molecule has 30 heavy (non-hydrogen) atoms. The summed E-state index contributed by atoms with van der Waals surface area (Å²) >= 11 is 0. The number of nitrogens with zero attached hydrogens (tertiary/aromatic N) is 1. The van der Waals surface area contributed by atoms with E-state index in [1.54, 1.807) is 12.1 Å². The van der Waals surface area contributed by atoms with Crippen LogP contribution >= 0.6 is 0 Å². The molecule has 1 fully saturated rings. The molecule has 0 aliphatic carbocycles. The molecule has 0 radical (unpaired) electrons. The van der Waals surface area contributed by atoms with Crippen LogP contribution in [0.1, 0.15) is 25.8 Å². The van der Waals surface area contributed by atoms with E-state index in [2.05, 4.69) is 29.4 Å². The summed E-state index contributed by atoms with van der Waals surface area (Å²) in [5.41, 5.74) is 1.45. The van der Waals surface area contributed by atoms with Crippen molar-refractivity contribution in [3.8, 4) is 5.75 Å². The van der Waals surface area contributed by atoms with Gasteiger partial charge in [0, 0.05) is 36.9 Å². The monoisotopic (exact) mass is 415 g/mol. The second kappa shape index (κ2) is 10.4. The predicted molar refractivity (Wildman–Crippen MR) is 115 cm³/mol. The van der Waals surface area contributed by atoms with Crippen LogP contribution in [0, 0.1) is 5.82 Å². The standard InChI is InChI=1S/C23H30FN3O3/c1-3-23(2,27-10-12-29-13-11-27)17-25-22(28)26-20-8-4-6-18(14-20)16-30-21-9-5-7-19(24)15-21/h4-9,14-15H,3,10-13,16-17H2,1-2H3,(H2,25,26,28). The predicted octanol–water partition coefficient (Wildman–Crippen LogP) is 4.03. The summed E-state index contributed by atoms with van der Waals surface area (Å²) in [4.78, 5) is 14.8. The molecular weight excluding hydrogens is 385 g/mol. The second-order valence-corrected chi connectivity index (χ2v) is 7.70. The van der Waals surface area contributed by atoms with Gasteiger partial charge in [0.25, 0.3) is 0 Å². The van der Waals surface area contributed by atoms with E-state index in [4.69, 9.17) is 9.47 Å². The fourth-order valence-electron chi connectivity index (χ4n) is 3.47. The van der Waals surface area contributed by atoms with E-state index in [0.717, 1.165) is 38.3 Å². The second-order valence-electron chi connectivity index (χ2n) is 7.70. The van der Waals surface area contributed by atoms with Crippen LogP contribution in [0.15, 0.2) is 48.5 Å². The summed E-state index contributed by atoms with van der Waals surface area (Å²) in [5, 5.41) is 5.88. The first kappa shape index (κ1) is 22.1. The Kier molecular flexibility index (Phi) is 7.65. The van der Waals surface area contributed by atoms with Gasteiger partial charge in [-0.15, -0.1) is 0 Å². The first-order chi connectivity index (χ1) is 14.5. The minimum absolute atomic E-state index is 0.109. The highest BCUT2D eigenvalue weighted by Gasteiger charge is 2.31. The van der Waals surface area contributed by atoms with Crippen molar-refractivity contribution in [1.82, 2.24) is 10.2 Å². The van der Waals surface area contributed by atoms with Crippen molar-refractivity contribution < 1.29 is 18.7 Å². The number of morpholine rings is 1. The summed E-state index contributed by atoms with van der Waals surface area (Å²) in [6, 6.07) is 13.2. The molecule has 2 amide bonds. The largest absolute Gasteiger partial charge is 0.489 e. The molecule has 0 bridgehead atoms. The zero-order chi connectivity index (χ0) is 21.4. The number of hydrogen-bond acceptors (Lipinski definition) is 4. The molecule has 1 saturated heterocycles. The van der Waals surface area contributed by atoms with Crippen LogP contribution < -0.4 is 15.4 Å². The molecule has 1 aliphatic heterocycles. The third-order valence-corrected chi connectivity index (χ3v) is 5.55. The van der Waals surface area contributed by atoms with E-state index < -0.39 is 0 Å². The van der Waals surface area contributed by atoms with E-state index in [-0.39, 0.29) is 24.0 Å². The van der Waals surface area contributed by atoms with Crippen molar-refractivity contribution in [2.45, 2.75) is 32.4 Å². The Morgan fingerprint density at radius 3 is 2.70 bits per heavy atom. The Balaban J connectivity index is 1.51. The van der Waals surface area contributed by atoms with Gasteiger partial charge in [-0.3, -0.25) is 4.90 Å². The Bertz CT molecular complexity index is 842. The molecule has 1 atom stereocenters. The maximum Gasteiger partial charge on any atom is 0.319 e. The maximum atomic E-state index is 13.3. The van der Waals surface area contributed by atoms with Crippen LogP contribution in [-0.4, -0.2) is 49.3 Å². The van der Waals surface area contributed by atoms with Crippen molar-refractivity contribution >= 4 is 11.7 Å². The van der Waals surface area contributed by atoms with Crippen molar-refractivity contribution in [2.75, 3.05) is 38.2 Å². The van der Waals surface area contributed by atoms with E-state index >= 15 is 0 Å². The average Bonchev–Trinajstić information content (AvgIpc) is 2.77. The van der Waals surface area contributed by atoms with Gasteiger partial charge in [0.05, 0.1) is 13.2 Å². The van der Waals surface area contributed by atoms with Gasteiger partial charge in [0.15, 0.2) is 0 Å². The van der Waals surface area contributed by atoms with Crippen molar-refractivity contribution in [3.05, 3.63) is 59.9 Å². The lowest BCUT2D eigenvalue weighted by Gasteiger charge is -2.43. The van der Waals surface area contributed by atoms with Crippen molar-refractivity contribution in [2.24, 2.45) is 0 Å². The summed E-state index contributed by atoms with van der Waals surface area (Å²) in [5.74, 6) is 0.129. The van der Waals surface area contributed by atoms with Gasteiger partial charge in [-0.05, 0) is 43.2 Å². The fourth-order valence-corrected chi connectivity index (χ4v) is 3.47. The lowest BCUT2D eigenvalue weighted by atomic mass is 9.95. The van der Waals surface area contributed by atoms with Crippen molar-refractivity contribution in [3.63, 3.8) is 0 Å². The molecule has 0 aromatic heterocycles. The van der Waals surface area contributed by atoms with Crippen LogP contribution in [0.2, 0.25) is 0 Å². The molecule has 2 aromatic rings. The number of ether oxygens (including phenoxy) is 2. The Morgan fingerprint density at radius 2 is 1.97 bits per heavy atom. The summed E-state index contributed by atoms with van der Waals surface area (Å²) in [6.07, 6.45) is 0.931. The number of amides is 2. The van der Waals surface area contributed by atoms with Crippen LogP contribution in [0.5, 0.6) is 5.75 Å². The lowest BCUT2D eigenvalue weighted by Crippen LogP contribution is -2.57. The van der Waals surface area contributed by atoms with E-state index in [1.165, 1.54) is 12.1 Å². The minimum atomic E-state index is -0.337. The van der Waals surface area contributed by atoms with Gasteiger partial charge < -0.3 is 20.1 Å². The van der Waals surface area contributed by atoms with Crippen molar-refractivity contribution in [1.29, 1.82) is 0 Å². The number of carbonyl (C=O) groups excluding carboxylic acids is 1. The summed E-state index contributed by atoms with van der Waals surface area (Å²) in [7, 11) is 0. The summed E-state index contributed by atoms with van der Waals surface area (Å²) < 4.78 is 24.3. The number of anilines is 1. The molecule has 1 aliphatic rings. The number of benzene rings is 2. The molecule has 1 unspecified atom stereocenters. The first-order valence-electron chi connectivity index (χ1n) is 10.3. The topological polar surface area (TPSA) is 62.8 Å². The smallest absolute Gasteiger partial charge is 0.319 e. The van der Waals surface area contributed by atoms with E-state index in [1.807, 2.05) is 24.3 Å². The lowest BCUT2D eigenvalue weighted by molar-refractivity contribution is -0.0163. The molecule has 2 N–H and O–H groups in total. The van der Waals surface area contributed by atoms with Gasteiger partial charge in [-0.1, -0.05) is 25.1 Å². The van der Waals surface area contributed by atoms with Crippen LogP contribution in [-0.2, 0) is 11.3 Å². The number of nitrogens with one attached hydrogen (secondary N) is 2. The van der Waals surface area contributed by atoms with Crippen LogP contribution in [0.25, 0.3) is 0 Å². The number of rotatable bonds is 8. The molecule has 7 heteroatoms. The molecule has 6 nitrogen and oxygen atoms in total. The zero-order valence-corrected chi connectivity index (χ0v) is 17.6. The van der Waals surface area contributed by atoms with Gasteiger partial charge in [-0.25, -0.2) is 9.18 Å². The highest BCUT2D eigenvalue weighted by molar-refractivity contribution is 5.89. The number of carbonyl (C=O) groups is 1. The molecule has 3 rings (SSSR count). The highest BCUT2D eigenvalue weighted by Crippen LogP contribution is 2.20. The molecule has 1 heterocycles. The molecule has 162 valence electrons. The first-order valence-corrected chi connectivity index (χ1v) is 10.3. The molecular formula is C23H30FN3O3. The third-order valence-electron chi connectivity index (χ3n) is 5.55. The number of hydrogen-bond donors (Lipinski definition) is 2. The zero-order valence-electron chi connectivity index (χ0n) is 17.6. The van der Waals surface area contributed by atoms with E-state index in [9.17, 15) is 9.18 Å². The summed E-state index contributed by atoms with van der Waals surface area (Å²) in [6.45, 7) is 8.35. The molecule has 0 saturated carbocycles. The third kappa shape index (κ3) is 6.18. The van der Waals surface area contributed by atoms with E-state index in [0.29, 0.717) is 18.0 Å². The van der Waals surface area contributed by atoms with Gasteiger partial charge in [-0.2, -0.15) is 0 Å². The SMILES string of the molecule is CCC(C)(CNC(=O)Nc1cccc(COc2cccc(F)c2)c1)N1CCOCC1. The van der Waals surface area contributed by atoms with Gasteiger partial charge >= 0.3 is 6.03 Å². The number of urea groups is 1.